The van der Waals surface area contributed by atoms with Crippen LogP contribution in [0.15, 0.2) is 16.6 Å². The Hall–Kier alpha value is -1.12. The number of thiazole rings is 1. The van der Waals surface area contributed by atoms with Crippen LogP contribution in [0.25, 0.3) is 4.96 Å². The van der Waals surface area contributed by atoms with Gasteiger partial charge in [-0.05, 0) is 18.3 Å². The van der Waals surface area contributed by atoms with Crippen LogP contribution in [0, 0.1) is 5.41 Å². The molecule has 0 aliphatic carbocycles. The normalized spacial score (nSPS) is 20.5. The zero-order chi connectivity index (χ0) is 14.5. The van der Waals surface area contributed by atoms with Crippen molar-refractivity contribution in [3.8, 4) is 0 Å². The van der Waals surface area contributed by atoms with Gasteiger partial charge >= 0.3 is 0 Å². The number of piperidine rings is 1. The Morgan fingerprint density at radius 1 is 1.45 bits per heavy atom. The summed E-state index contributed by atoms with van der Waals surface area (Å²) in [5.74, 6) is 0.0835. The van der Waals surface area contributed by atoms with Gasteiger partial charge in [-0.25, -0.2) is 13.4 Å². The Morgan fingerprint density at radius 2 is 2.20 bits per heavy atom. The summed E-state index contributed by atoms with van der Waals surface area (Å²) in [6, 6.07) is 0. The molecule has 110 valence electrons. The van der Waals surface area contributed by atoms with Crippen molar-refractivity contribution in [2.24, 2.45) is 5.41 Å². The monoisotopic (exact) mass is 314 g/mol. The molecule has 0 radical (unpaired) electrons. The van der Waals surface area contributed by atoms with E-state index in [9.17, 15) is 8.42 Å². The fourth-order valence-electron chi connectivity index (χ4n) is 2.74. The third kappa shape index (κ3) is 2.11. The Bertz CT molecular complexity index is 745. The van der Waals surface area contributed by atoms with E-state index in [1.807, 2.05) is 0 Å². The first-order valence-corrected chi connectivity index (χ1v) is 8.84. The Labute approximate surface area is 122 Å². The summed E-state index contributed by atoms with van der Waals surface area (Å²) in [5, 5.41) is 1.91. The molecule has 8 heteroatoms. The quantitative estimate of drug-likeness (QED) is 0.916. The Kier molecular flexibility index (Phi) is 3.07. The number of nitrogens with two attached hydrogens (primary N) is 1. The summed E-state index contributed by atoms with van der Waals surface area (Å²) in [7, 11) is -3.60. The van der Waals surface area contributed by atoms with Gasteiger partial charge in [-0.1, -0.05) is 13.8 Å². The standard InChI is InChI=1S/C12H18N4O2S2/c1-12(2)4-3-5-15(8-12)20(17,18)10-9(13)14-11-16(10)6-7-19-11/h6-7H,3-5,8,13H2,1-2H3. The molecule has 1 fully saturated rings. The van der Waals surface area contributed by atoms with E-state index in [-0.39, 0.29) is 16.3 Å². The molecule has 0 saturated carbocycles. The maximum Gasteiger partial charge on any atom is 0.262 e. The first kappa shape index (κ1) is 13.8. The summed E-state index contributed by atoms with van der Waals surface area (Å²) in [6.07, 6.45) is 3.61. The highest BCUT2D eigenvalue weighted by atomic mass is 32.2. The van der Waals surface area contributed by atoms with Crippen molar-refractivity contribution in [2.75, 3.05) is 18.8 Å². The second-order valence-corrected chi connectivity index (χ2v) is 8.69. The number of nitrogens with zero attached hydrogens (tertiary/aromatic N) is 3. The van der Waals surface area contributed by atoms with Crippen LogP contribution in [0.2, 0.25) is 0 Å². The highest BCUT2D eigenvalue weighted by Crippen LogP contribution is 2.33. The predicted molar refractivity (Wildman–Crippen MR) is 79.3 cm³/mol. The number of aromatic nitrogens is 2. The molecular weight excluding hydrogens is 296 g/mol. The van der Waals surface area contributed by atoms with Gasteiger partial charge in [-0.15, -0.1) is 11.3 Å². The van der Waals surface area contributed by atoms with Crippen LogP contribution in [0.5, 0.6) is 0 Å². The first-order chi connectivity index (χ1) is 9.31. The van der Waals surface area contributed by atoms with E-state index in [1.165, 1.54) is 15.6 Å². The molecule has 0 unspecified atom stereocenters. The largest absolute Gasteiger partial charge is 0.381 e. The molecule has 2 N–H and O–H groups in total. The molecule has 0 amide bonds. The molecule has 3 heterocycles. The average molecular weight is 314 g/mol. The van der Waals surface area contributed by atoms with E-state index >= 15 is 0 Å². The van der Waals surface area contributed by atoms with Gasteiger partial charge in [0.25, 0.3) is 10.0 Å². The van der Waals surface area contributed by atoms with Crippen molar-refractivity contribution >= 4 is 32.1 Å². The highest BCUT2D eigenvalue weighted by Gasteiger charge is 2.37. The minimum atomic E-state index is -3.60. The second-order valence-electron chi connectivity index (χ2n) is 5.96. The van der Waals surface area contributed by atoms with Crippen molar-refractivity contribution in [2.45, 2.75) is 31.7 Å². The molecule has 6 nitrogen and oxygen atoms in total. The minimum Gasteiger partial charge on any atom is -0.381 e. The van der Waals surface area contributed by atoms with Gasteiger partial charge in [0.05, 0.1) is 0 Å². The lowest BCUT2D eigenvalue weighted by atomic mass is 9.85. The van der Waals surface area contributed by atoms with Gasteiger partial charge in [-0.2, -0.15) is 4.31 Å². The molecule has 0 aromatic carbocycles. The van der Waals surface area contributed by atoms with Crippen LogP contribution in [0.3, 0.4) is 0 Å². The molecule has 1 aliphatic rings. The van der Waals surface area contributed by atoms with E-state index in [0.29, 0.717) is 18.1 Å². The zero-order valence-electron chi connectivity index (χ0n) is 11.5. The molecule has 20 heavy (non-hydrogen) atoms. The summed E-state index contributed by atoms with van der Waals surface area (Å²) >= 11 is 1.37. The Balaban J connectivity index is 2.08. The molecule has 0 bridgehead atoms. The molecule has 2 aromatic heterocycles. The van der Waals surface area contributed by atoms with Crippen LogP contribution >= 0.6 is 11.3 Å². The third-order valence-corrected chi connectivity index (χ3v) is 6.34. The van der Waals surface area contributed by atoms with Crippen molar-refractivity contribution in [3.63, 3.8) is 0 Å². The molecule has 3 rings (SSSR count). The zero-order valence-corrected chi connectivity index (χ0v) is 13.2. The summed E-state index contributed by atoms with van der Waals surface area (Å²) in [5.41, 5.74) is 5.83. The Morgan fingerprint density at radius 3 is 2.90 bits per heavy atom. The molecule has 0 atom stereocenters. The van der Waals surface area contributed by atoms with Gasteiger partial charge in [-0.3, -0.25) is 4.40 Å². The van der Waals surface area contributed by atoms with Crippen molar-refractivity contribution in [1.29, 1.82) is 0 Å². The maximum atomic E-state index is 12.9. The summed E-state index contributed by atoms with van der Waals surface area (Å²) < 4.78 is 28.8. The lowest BCUT2D eigenvalue weighted by Crippen LogP contribution is -2.43. The van der Waals surface area contributed by atoms with Crippen LogP contribution in [0.4, 0.5) is 5.82 Å². The number of anilines is 1. The van der Waals surface area contributed by atoms with E-state index in [1.54, 1.807) is 16.0 Å². The number of nitrogen functional groups attached to an aromatic ring is 1. The molecule has 1 saturated heterocycles. The van der Waals surface area contributed by atoms with Crippen LogP contribution in [0.1, 0.15) is 26.7 Å². The maximum absolute atomic E-state index is 12.9. The first-order valence-electron chi connectivity index (χ1n) is 6.52. The van der Waals surface area contributed by atoms with Gasteiger partial charge in [0.15, 0.2) is 15.8 Å². The van der Waals surface area contributed by atoms with E-state index in [4.69, 9.17) is 5.73 Å². The smallest absolute Gasteiger partial charge is 0.262 e. The van der Waals surface area contributed by atoms with Gasteiger partial charge in [0, 0.05) is 24.7 Å². The van der Waals surface area contributed by atoms with Gasteiger partial charge < -0.3 is 5.73 Å². The van der Waals surface area contributed by atoms with Crippen molar-refractivity contribution in [1.82, 2.24) is 13.7 Å². The lowest BCUT2D eigenvalue weighted by Gasteiger charge is -2.36. The van der Waals surface area contributed by atoms with Crippen LogP contribution < -0.4 is 5.73 Å². The predicted octanol–water partition coefficient (Wildman–Crippen LogP) is 1.79. The van der Waals surface area contributed by atoms with E-state index < -0.39 is 10.0 Å². The van der Waals surface area contributed by atoms with Gasteiger partial charge in [0.1, 0.15) is 0 Å². The summed E-state index contributed by atoms with van der Waals surface area (Å²) in [6.45, 7) is 5.25. The fraction of sp³-hybridized carbons (Fsp3) is 0.583. The summed E-state index contributed by atoms with van der Waals surface area (Å²) in [4.78, 5) is 4.73. The minimum absolute atomic E-state index is 0.00146. The number of imidazole rings is 1. The lowest BCUT2D eigenvalue weighted by molar-refractivity contribution is 0.186. The van der Waals surface area contributed by atoms with E-state index in [0.717, 1.165) is 12.8 Å². The van der Waals surface area contributed by atoms with Crippen molar-refractivity contribution < 1.29 is 8.42 Å². The number of fused-ring (bicyclic) bond motifs is 1. The van der Waals surface area contributed by atoms with Crippen molar-refractivity contribution in [3.05, 3.63) is 11.6 Å². The highest BCUT2D eigenvalue weighted by molar-refractivity contribution is 7.89. The fourth-order valence-corrected chi connectivity index (χ4v) is 5.35. The number of hydrogen-bond acceptors (Lipinski definition) is 5. The van der Waals surface area contributed by atoms with Gasteiger partial charge in [0.2, 0.25) is 0 Å². The number of sulfonamides is 1. The molecule has 2 aromatic rings. The topological polar surface area (TPSA) is 80.7 Å². The molecule has 1 aliphatic heterocycles. The van der Waals surface area contributed by atoms with Crippen LogP contribution in [-0.2, 0) is 10.0 Å². The number of hydrogen-bond donors (Lipinski definition) is 1. The number of rotatable bonds is 2. The third-order valence-electron chi connectivity index (χ3n) is 3.69. The SMILES string of the molecule is CC1(C)CCCN(S(=O)(=O)c2c(N)nc3sccn23)C1. The second kappa shape index (κ2) is 4.44. The average Bonchev–Trinajstić information content (AvgIpc) is 2.86. The van der Waals surface area contributed by atoms with E-state index in [2.05, 4.69) is 18.8 Å². The molecule has 0 spiro atoms. The van der Waals surface area contributed by atoms with Crippen LogP contribution in [-0.4, -0.2) is 35.2 Å². The molecular formula is C12H18N4O2S2.